The van der Waals surface area contributed by atoms with Gasteiger partial charge in [0.05, 0.1) is 24.0 Å². The zero-order valence-corrected chi connectivity index (χ0v) is 12.8. The maximum atomic E-state index is 11.4. The molecule has 0 aliphatic rings. The van der Waals surface area contributed by atoms with Gasteiger partial charge in [0, 0.05) is 10.2 Å². The number of anilines is 3. The number of carbonyl (C=O) groups excluding carboxylic acids is 1. The minimum absolute atomic E-state index is 0.400. The Labute approximate surface area is 126 Å². The third-order valence-corrected chi connectivity index (χ3v) is 3.42. The molecule has 0 radical (unpaired) electrons. The second-order valence-electron chi connectivity index (χ2n) is 4.38. The van der Waals surface area contributed by atoms with Crippen molar-refractivity contribution < 1.29 is 9.53 Å². The molecule has 0 saturated carbocycles. The van der Waals surface area contributed by atoms with Crippen molar-refractivity contribution >= 4 is 39.0 Å². The maximum absolute atomic E-state index is 11.4. The number of ether oxygens (including phenoxy) is 1. The van der Waals surface area contributed by atoms with Crippen LogP contribution < -0.4 is 11.1 Å². The molecule has 0 fully saturated rings. The number of esters is 1. The van der Waals surface area contributed by atoms with Gasteiger partial charge in [0.15, 0.2) is 0 Å². The SMILES string of the molecule is COC(=O)c1ccc(Nc2ccc(Br)cc2C)c(N)c1. The zero-order valence-electron chi connectivity index (χ0n) is 11.2. The molecule has 0 amide bonds. The molecular formula is C15H15BrN2O2. The van der Waals surface area contributed by atoms with E-state index in [1.54, 1.807) is 18.2 Å². The van der Waals surface area contributed by atoms with Crippen LogP contribution in [0.2, 0.25) is 0 Å². The van der Waals surface area contributed by atoms with E-state index in [1.165, 1.54) is 7.11 Å². The Balaban J connectivity index is 2.28. The molecule has 2 aromatic rings. The van der Waals surface area contributed by atoms with Crippen molar-refractivity contribution in [2.45, 2.75) is 6.92 Å². The minimum atomic E-state index is -0.400. The van der Waals surface area contributed by atoms with Crippen LogP contribution in [-0.2, 0) is 4.74 Å². The number of halogens is 1. The first kappa shape index (κ1) is 14.4. The molecule has 0 aliphatic carbocycles. The third-order valence-electron chi connectivity index (χ3n) is 2.93. The molecule has 0 bridgehead atoms. The molecule has 104 valence electrons. The van der Waals surface area contributed by atoms with Gasteiger partial charge in [-0.05, 0) is 48.9 Å². The van der Waals surface area contributed by atoms with Crippen molar-refractivity contribution in [3.8, 4) is 0 Å². The van der Waals surface area contributed by atoms with Crippen LogP contribution in [0.15, 0.2) is 40.9 Å². The lowest BCUT2D eigenvalue weighted by molar-refractivity contribution is 0.0601. The summed E-state index contributed by atoms with van der Waals surface area (Å²) in [5.74, 6) is -0.400. The van der Waals surface area contributed by atoms with Gasteiger partial charge in [0.2, 0.25) is 0 Å². The Morgan fingerprint density at radius 1 is 1.20 bits per heavy atom. The molecule has 0 unspecified atom stereocenters. The first-order valence-electron chi connectivity index (χ1n) is 6.02. The topological polar surface area (TPSA) is 64.3 Å². The van der Waals surface area contributed by atoms with Crippen LogP contribution in [0.1, 0.15) is 15.9 Å². The van der Waals surface area contributed by atoms with Gasteiger partial charge in [-0.2, -0.15) is 0 Å². The number of methoxy groups -OCH3 is 1. The predicted octanol–water partition coefficient (Wildman–Crippen LogP) is 3.87. The van der Waals surface area contributed by atoms with Gasteiger partial charge >= 0.3 is 5.97 Å². The van der Waals surface area contributed by atoms with E-state index in [-0.39, 0.29) is 0 Å². The number of hydrogen-bond donors (Lipinski definition) is 2. The molecule has 0 atom stereocenters. The second-order valence-corrected chi connectivity index (χ2v) is 5.29. The van der Waals surface area contributed by atoms with Crippen molar-refractivity contribution in [3.05, 3.63) is 52.0 Å². The average Bonchev–Trinajstić information content (AvgIpc) is 2.42. The maximum Gasteiger partial charge on any atom is 0.337 e. The molecule has 5 heteroatoms. The highest BCUT2D eigenvalue weighted by molar-refractivity contribution is 9.10. The lowest BCUT2D eigenvalue weighted by Gasteiger charge is -2.12. The van der Waals surface area contributed by atoms with Crippen LogP contribution >= 0.6 is 15.9 Å². The molecule has 2 rings (SSSR count). The van der Waals surface area contributed by atoms with Crippen LogP contribution in [0.25, 0.3) is 0 Å². The van der Waals surface area contributed by atoms with Crippen LogP contribution in [-0.4, -0.2) is 13.1 Å². The summed E-state index contributed by atoms with van der Waals surface area (Å²) >= 11 is 3.43. The number of carbonyl (C=O) groups is 1. The van der Waals surface area contributed by atoms with Gasteiger partial charge in [-0.3, -0.25) is 0 Å². The number of nitrogens with two attached hydrogens (primary N) is 1. The van der Waals surface area contributed by atoms with Gasteiger partial charge in [-0.1, -0.05) is 15.9 Å². The molecular weight excluding hydrogens is 320 g/mol. The Bertz CT molecular complexity index is 656. The van der Waals surface area contributed by atoms with E-state index < -0.39 is 5.97 Å². The summed E-state index contributed by atoms with van der Waals surface area (Å²) in [6.45, 7) is 2.01. The molecule has 20 heavy (non-hydrogen) atoms. The predicted molar refractivity (Wildman–Crippen MR) is 84.4 cm³/mol. The molecule has 0 saturated heterocycles. The van der Waals surface area contributed by atoms with Crippen LogP contribution in [0.4, 0.5) is 17.1 Å². The van der Waals surface area contributed by atoms with E-state index in [4.69, 9.17) is 5.73 Å². The fourth-order valence-corrected chi connectivity index (χ4v) is 2.31. The van der Waals surface area contributed by atoms with Crippen molar-refractivity contribution in [3.63, 3.8) is 0 Å². The molecule has 4 nitrogen and oxygen atoms in total. The molecule has 3 N–H and O–H groups in total. The zero-order chi connectivity index (χ0) is 14.7. The van der Waals surface area contributed by atoms with Gasteiger partial charge in [-0.15, -0.1) is 0 Å². The summed E-state index contributed by atoms with van der Waals surface area (Å²) in [5.41, 5.74) is 9.70. The number of aryl methyl sites for hydroxylation is 1. The smallest absolute Gasteiger partial charge is 0.337 e. The lowest BCUT2D eigenvalue weighted by Crippen LogP contribution is -2.04. The van der Waals surface area contributed by atoms with E-state index >= 15 is 0 Å². The summed E-state index contributed by atoms with van der Waals surface area (Å²) in [5, 5.41) is 3.25. The first-order valence-corrected chi connectivity index (χ1v) is 6.81. The summed E-state index contributed by atoms with van der Waals surface area (Å²) in [6.07, 6.45) is 0. The van der Waals surface area contributed by atoms with Crippen molar-refractivity contribution in [2.75, 3.05) is 18.2 Å². The Morgan fingerprint density at radius 2 is 1.90 bits per heavy atom. The second kappa shape index (κ2) is 5.96. The van der Waals surface area contributed by atoms with Crippen LogP contribution in [0.3, 0.4) is 0 Å². The Kier molecular flexibility index (Phi) is 4.29. The summed E-state index contributed by atoms with van der Waals surface area (Å²) in [6, 6.07) is 11.0. The number of rotatable bonds is 3. The van der Waals surface area contributed by atoms with Crippen molar-refractivity contribution in [1.82, 2.24) is 0 Å². The van der Waals surface area contributed by atoms with E-state index in [0.717, 1.165) is 21.4 Å². The molecule has 0 aliphatic heterocycles. The molecule has 0 aromatic heterocycles. The highest BCUT2D eigenvalue weighted by atomic mass is 79.9. The summed E-state index contributed by atoms with van der Waals surface area (Å²) in [4.78, 5) is 11.4. The van der Waals surface area contributed by atoms with E-state index in [0.29, 0.717) is 11.3 Å². The summed E-state index contributed by atoms with van der Waals surface area (Å²) in [7, 11) is 1.34. The van der Waals surface area contributed by atoms with Crippen molar-refractivity contribution in [1.29, 1.82) is 0 Å². The van der Waals surface area contributed by atoms with Crippen LogP contribution in [0.5, 0.6) is 0 Å². The monoisotopic (exact) mass is 334 g/mol. The van der Waals surface area contributed by atoms with Gasteiger partial charge in [0.25, 0.3) is 0 Å². The minimum Gasteiger partial charge on any atom is -0.465 e. The van der Waals surface area contributed by atoms with Crippen molar-refractivity contribution in [2.24, 2.45) is 0 Å². The average molecular weight is 335 g/mol. The lowest BCUT2D eigenvalue weighted by atomic mass is 10.1. The fraction of sp³-hybridized carbons (Fsp3) is 0.133. The number of nitrogens with one attached hydrogen (secondary N) is 1. The number of hydrogen-bond acceptors (Lipinski definition) is 4. The standard InChI is InChI=1S/C15H15BrN2O2/c1-9-7-11(16)4-6-13(9)18-14-5-3-10(8-12(14)17)15(19)20-2/h3-8,18H,17H2,1-2H3. The highest BCUT2D eigenvalue weighted by Crippen LogP contribution is 2.27. The summed E-state index contributed by atoms with van der Waals surface area (Å²) < 4.78 is 5.68. The van der Waals surface area contributed by atoms with Gasteiger partial charge in [0.1, 0.15) is 0 Å². The fourth-order valence-electron chi connectivity index (χ4n) is 1.83. The first-order chi connectivity index (χ1) is 9.51. The number of benzene rings is 2. The van der Waals surface area contributed by atoms with E-state index in [9.17, 15) is 4.79 Å². The van der Waals surface area contributed by atoms with Gasteiger partial charge < -0.3 is 15.8 Å². The quantitative estimate of drug-likeness (QED) is 0.660. The van der Waals surface area contributed by atoms with Crippen LogP contribution in [0, 0.1) is 6.92 Å². The van der Waals surface area contributed by atoms with E-state index in [2.05, 4.69) is 26.0 Å². The Morgan fingerprint density at radius 3 is 2.50 bits per heavy atom. The van der Waals surface area contributed by atoms with E-state index in [1.807, 2.05) is 25.1 Å². The van der Waals surface area contributed by atoms with Gasteiger partial charge in [-0.25, -0.2) is 4.79 Å². The highest BCUT2D eigenvalue weighted by Gasteiger charge is 2.09. The third kappa shape index (κ3) is 3.11. The normalized spacial score (nSPS) is 10.2. The molecule has 0 spiro atoms. The Hall–Kier alpha value is -2.01. The number of nitrogen functional groups attached to an aromatic ring is 1. The molecule has 0 heterocycles. The largest absolute Gasteiger partial charge is 0.465 e. The molecule has 2 aromatic carbocycles.